The van der Waals surface area contributed by atoms with Gasteiger partial charge in [0.25, 0.3) is 0 Å². The molecule has 0 radical (unpaired) electrons. The lowest BCUT2D eigenvalue weighted by Gasteiger charge is -2.36. The molecule has 1 saturated heterocycles. The van der Waals surface area contributed by atoms with E-state index in [-0.39, 0.29) is 24.8 Å². The Morgan fingerprint density at radius 3 is 2.34 bits per heavy atom. The molecule has 7 heteroatoms. The van der Waals surface area contributed by atoms with Gasteiger partial charge in [-0.2, -0.15) is 0 Å². The highest BCUT2D eigenvalue weighted by atomic mass is 19.1. The van der Waals surface area contributed by atoms with Gasteiger partial charge in [-0.1, -0.05) is 6.07 Å². The lowest BCUT2D eigenvalue weighted by Crippen LogP contribution is -2.49. The number of piperazine rings is 1. The first-order chi connectivity index (χ1) is 14.0. The van der Waals surface area contributed by atoms with Crippen LogP contribution in [-0.2, 0) is 9.59 Å². The van der Waals surface area contributed by atoms with Gasteiger partial charge in [0, 0.05) is 57.4 Å². The number of amides is 2. The van der Waals surface area contributed by atoms with E-state index in [1.54, 1.807) is 19.2 Å². The van der Waals surface area contributed by atoms with Crippen molar-refractivity contribution >= 4 is 23.2 Å². The highest BCUT2D eigenvalue weighted by Gasteiger charge is 2.22. The summed E-state index contributed by atoms with van der Waals surface area (Å²) in [4.78, 5) is 30.1. The lowest BCUT2D eigenvalue weighted by atomic mass is 10.2. The maximum atomic E-state index is 13.5. The number of methoxy groups -OCH3 is 1. The zero-order chi connectivity index (χ0) is 20.8. The molecule has 2 aromatic rings. The number of rotatable bonds is 6. The van der Waals surface area contributed by atoms with E-state index >= 15 is 0 Å². The summed E-state index contributed by atoms with van der Waals surface area (Å²) in [5.41, 5.74) is 1.57. The Labute approximate surface area is 170 Å². The number of ether oxygens (including phenoxy) is 1. The van der Waals surface area contributed by atoms with Gasteiger partial charge in [-0.05, 0) is 42.5 Å². The van der Waals surface area contributed by atoms with Crippen molar-refractivity contribution in [3.05, 3.63) is 54.3 Å². The number of anilines is 2. The summed E-state index contributed by atoms with van der Waals surface area (Å²) in [5, 5.41) is 0. The van der Waals surface area contributed by atoms with Crippen molar-refractivity contribution in [2.24, 2.45) is 0 Å². The van der Waals surface area contributed by atoms with Gasteiger partial charge in [-0.15, -0.1) is 0 Å². The van der Waals surface area contributed by atoms with Crippen LogP contribution in [0.1, 0.15) is 13.3 Å². The van der Waals surface area contributed by atoms with E-state index < -0.39 is 5.82 Å². The molecule has 6 nitrogen and oxygen atoms in total. The van der Waals surface area contributed by atoms with Crippen LogP contribution in [0.15, 0.2) is 48.5 Å². The molecule has 29 heavy (non-hydrogen) atoms. The lowest BCUT2D eigenvalue weighted by molar-refractivity contribution is -0.131. The zero-order valence-electron chi connectivity index (χ0n) is 16.8. The van der Waals surface area contributed by atoms with Gasteiger partial charge in [0.15, 0.2) is 0 Å². The SMILES string of the molecule is COc1ccc(N2CCN(C(=O)CCN(C(C)=O)c3cccc(F)c3)CC2)cc1. The maximum absolute atomic E-state index is 13.5. The van der Waals surface area contributed by atoms with Gasteiger partial charge in [-0.3, -0.25) is 9.59 Å². The Bertz CT molecular complexity index is 849. The van der Waals surface area contributed by atoms with Crippen LogP contribution in [0.2, 0.25) is 0 Å². The predicted octanol–water partition coefficient (Wildman–Crippen LogP) is 2.93. The third-order valence-corrected chi connectivity index (χ3v) is 5.12. The molecule has 1 aliphatic heterocycles. The molecule has 0 atom stereocenters. The van der Waals surface area contributed by atoms with Crippen LogP contribution >= 0.6 is 0 Å². The molecular weight excluding hydrogens is 373 g/mol. The fraction of sp³-hybridized carbons (Fsp3) is 0.364. The fourth-order valence-corrected chi connectivity index (χ4v) is 3.49. The van der Waals surface area contributed by atoms with Crippen LogP contribution in [0, 0.1) is 5.82 Å². The van der Waals surface area contributed by atoms with Gasteiger partial charge in [-0.25, -0.2) is 4.39 Å². The minimum atomic E-state index is -0.408. The maximum Gasteiger partial charge on any atom is 0.224 e. The molecule has 0 saturated carbocycles. The van der Waals surface area contributed by atoms with Gasteiger partial charge in [0.05, 0.1) is 7.11 Å². The van der Waals surface area contributed by atoms with E-state index in [1.165, 1.54) is 24.0 Å². The molecule has 0 N–H and O–H groups in total. The molecule has 1 aliphatic rings. The summed E-state index contributed by atoms with van der Waals surface area (Å²) in [6.07, 6.45) is 0.207. The molecule has 154 valence electrons. The number of halogens is 1. The molecule has 2 aromatic carbocycles. The number of carbonyl (C=O) groups excluding carboxylic acids is 2. The summed E-state index contributed by atoms with van der Waals surface area (Å²) in [5.74, 6) is 0.195. The summed E-state index contributed by atoms with van der Waals surface area (Å²) < 4.78 is 18.7. The number of carbonyl (C=O) groups is 2. The Balaban J connectivity index is 1.52. The first-order valence-corrected chi connectivity index (χ1v) is 9.68. The number of hydrogen-bond acceptors (Lipinski definition) is 4. The summed E-state index contributed by atoms with van der Waals surface area (Å²) in [7, 11) is 1.64. The fourth-order valence-electron chi connectivity index (χ4n) is 3.49. The normalized spacial score (nSPS) is 13.9. The van der Waals surface area contributed by atoms with Crippen molar-refractivity contribution in [2.75, 3.05) is 49.6 Å². The highest BCUT2D eigenvalue weighted by molar-refractivity contribution is 5.92. The van der Waals surface area contributed by atoms with Gasteiger partial charge in [0.2, 0.25) is 11.8 Å². The molecule has 0 unspecified atom stereocenters. The first-order valence-electron chi connectivity index (χ1n) is 9.68. The largest absolute Gasteiger partial charge is 0.497 e. The third kappa shape index (κ3) is 5.25. The van der Waals surface area contributed by atoms with Gasteiger partial charge in [0.1, 0.15) is 11.6 Å². The minimum Gasteiger partial charge on any atom is -0.497 e. The van der Waals surface area contributed by atoms with E-state index in [0.717, 1.165) is 24.5 Å². The summed E-state index contributed by atoms with van der Waals surface area (Å²) in [6, 6.07) is 13.7. The number of benzene rings is 2. The molecule has 3 rings (SSSR count). The Hall–Kier alpha value is -3.09. The second-order valence-electron chi connectivity index (χ2n) is 6.97. The molecule has 0 bridgehead atoms. The monoisotopic (exact) mass is 399 g/mol. The van der Waals surface area contributed by atoms with Crippen molar-refractivity contribution in [3.63, 3.8) is 0 Å². The highest BCUT2D eigenvalue weighted by Crippen LogP contribution is 2.21. The molecule has 0 spiro atoms. The van der Waals surface area contributed by atoms with E-state index in [1.807, 2.05) is 29.2 Å². The zero-order valence-corrected chi connectivity index (χ0v) is 16.8. The van der Waals surface area contributed by atoms with Crippen LogP contribution in [0.3, 0.4) is 0 Å². The second-order valence-corrected chi connectivity index (χ2v) is 6.97. The van der Waals surface area contributed by atoms with E-state index in [2.05, 4.69) is 4.90 Å². The molecule has 0 aromatic heterocycles. The van der Waals surface area contributed by atoms with Crippen molar-refractivity contribution in [2.45, 2.75) is 13.3 Å². The van der Waals surface area contributed by atoms with E-state index in [0.29, 0.717) is 18.8 Å². The molecule has 0 aliphatic carbocycles. The molecule has 2 amide bonds. The van der Waals surface area contributed by atoms with E-state index in [9.17, 15) is 14.0 Å². The summed E-state index contributed by atoms with van der Waals surface area (Å²) in [6.45, 7) is 4.41. The molecule has 1 heterocycles. The average molecular weight is 399 g/mol. The van der Waals surface area contributed by atoms with Crippen molar-refractivity contribution in [1.29, 1.82) is 0 Å². The first kappa shape index (κ1) is 20.6. The Morgan fingerprint density at radius 1 is 1.07 bits per heavy atom. The standard InChI is InChI=1S/C22H26FN3O3/c1-17(27)26(20-5-3-4-18(23)16-20)11-10-22(28)25-14-12-24(13-15-25)19-6-8-21(29-2)9-7-19/h3-9,16H,10-15H2,1-2H3. The van der Waals surface area contributed by atoms with Crippen LogP contribution in [0.5, 0.6) is 5.75 Å². The predicted molar refractivity (Wildman–Crippen MR) is 111 cm³/mol. The van der Waals surface area contributed by atoms with Crippen molar-refractivity contribution in [3.8, 4) is 5.75 Å². The quantitative estimate of drug-likeness (QED) is 0.750. The Morgan fingerprint density at radius 2 is 1.76 bits per heavy atom. The van der Waals surface area contributed by atoms with Gasteiger partial charge < -0.3 is 19.4 Å². The third-order valence-electron chi connectivity index (χ3n) is 5.12. The van der Waals surface area contributed by atoms with Crippen molar-refractivity contribution in [1.82, 2.24) is 4.90 Å². The van der Waals surface area contributed by atoms with Crippen LogP contribution in [0.4, 0.5) is 15.8 Å². The van der Waals surface area contributed by atoms with Crippen molar-refractivity contribution < 1.29 is 18.7 Å². The molecule has 1 fully saturated rings. The van der Waals surface area contributed by atoms with Crippen LogP contribution in [-0.4, -0.2) is 56.5 Å². The average Bonchev–Trinajstić information content (AvgIpc) is 2.74. The smallest absolute Gasteiger partial charge is 0.224 e. The second kappa shape index (κ2) is 9.41. The molecular formula is C22H26FN3O3. The van der Waals surface area contributed by atoms with Crippen LogP contribution in [0.25, 0.3) is 0 Å². The van der Waals surface area contributed by atoms with Crippen LogP contribution < -0.4 is 14.5 Å². The topological polar surface area (TPSA) is 53.1 Å². The minimum absolute atomic E-state index is 0.00188. The van der Waals surface area contributed by atoms with E-state index in [4.69, 9.17) is 4.74 Å². The number of hydrogen-bond donors (Lipinski definition) is 0. The van der Waals surface area contributed by atoms with Gasteiger partial charge >= 0.3 is 0 Å². The number of nitrogens with zero attached hydrogens (tertiary/aromatic N) is 3. The summed E-state index contributed by atoms with van der Waals surface area (Å²) >= 11 is 0. The Kier molecular flexibility index (Phi) is 6.69.